The van der Waals surface area contributed by atoms with E-state index in [1.54, 1.807) is 0 Å². The van der Waals surface area contributed by atoms with E-state index in [4.69, 9.17) is 14.2 Å². The van der Waals surface area contributed by atoms with Crippen molar-refractivity contribution in [3.8, 4) is 0 Å². The minimum absolute atomic E-state index is 0.0534. The smallest absolute Gasteiger partial charge is 0.158 e. The van der Waals surface area contributed by atoms with Crippen molar-refractivity contribution in [1.82, 2.24) is 0 Å². The molecule has 0 aliphatic carbocycles. The molecule has 1 atom stereocenters. The van der Waals surface area contributed by atoms with Gasteiger partial charge < -0.3 is 14.2 Å². The molecule has 1 unspecified atom stereocenters. The molecule has 3 nitrogen and oxygen atoms in total. The van der Waals surface area contributed by atoms with Gasteiger partial charge in [-0.2, -0.15) is 0 Å². The first-order valence-corrected chi connectivity index (χ1v) is 4.30. The lowest BCUT2D eigenvalue weighted by Gasteiger charge is -2.32. The van der Waals surface area contributed by atoms with Crippen molar-refractivity contribution in [2.45, 2.75) is 31.7 Å². The van der Waals surface area contributed by atoms with Crippen molar-refractivity contribution in [2.75, 3.05) is 19.8 Å². The molecule has 2 aliphatic rings. The van der Waals surface area contributed by atoms with Gasteiger partial charge in [0, 0.05) is 6.61 Å². The Bertz CT molecular complexity index is 117. The predicted octanol–water partition coefficient (Wildman–Crippen LogP) is 0.928. The summed E-state index contributed by atoms with van der Waals surface area (Å²) in [6.07, 6.45) is 3.83. The van der Waals surface area contributed by atoms with Crippen LogP contribution in [0.25, 0.3) is 0 Å². The number of hydrogen-bond donors (Lipinski definition) is 0. The summed E-state index contributed by atoms with van der Waals surface area (Å²) in [4.78, 5) is 0. The van der Waals surface area contributed by atoms with Crippen LogP contribution in [-0.4, -0.2) is 32.2 Å². The second-order valence-corrected chi connectivity index (χ2v) is 3.09. The highest BCUT2D eigenvalue weighted by molar-refractivity contribution is 4.66. The molecule has 2 saturated heterocycles. The molecule has 0 spiro atoms. The van der Waals surface area contributed by atoms with E-state index in [1.165, 1.54) is 12.8 Å². The third kappa shape index (κ3) is 1.92. The summed E-state index contributed by atoms with van der Waals surface area (Å²) in [5.41, 5.74) is 0. The molecule has 0 amide bonds. The fraction of sp³-hybridized carbons (Fsp3) is 1.00. The van der Waals surface area contributed by atoms with E-state index in [0.29, 0.717) is 6.10 Å². The lowest BCUT2D eigenvalue weighted by molar-refractivity contribution is -0.239. The summed E-state index contributed by atoms with van der Waals surface area (Å²) >= 11 is 0. The number of rotatable bonds is 2. The lowest BCUT2D eigenvalue weighted by Crippen LogP contribution is -2.40. The summed E-state index contributed by atoms with van der Waals surface area (Å²) in [6, 6.07) is 0. The topological polar surface area (TPSA) is 27.7 Å². The molecule has 2 fully saturated rings. The molecule has 0 N–H and O–H groups in total. The molecule has 64 valence electrons. The summed E-state index contributed by atoms with van der Waals surface area (Å²) in [7, 11) is 0. The first-order chi connectivity index (χ1) is 5.45. The molecule has 0 bridgehead atoms. The van der Waals surface area contributed by atoms with Crippen LogP contribution < -0.4 is 0 Å². The van der Waals surface area contributed by atoms with Crippen LogP contribution in [0.15, 0.2) is 0 Å². The van der Waals surface area contributed by atoms with Crippen molar-refractivity contribution in [3.63, 3.8) is 0 Å². The largest absolute Gasteiger partial charge is 0.376 e. The van der Waals surface area contributed by atoms with E-state index < -0.39 is 0 Å². The average molecular weight is 158 g/mol. The van der Waals surface area contributed by atoms with E-state index in [0.717, 1.165) is 26.2 Å². The number of hydrogen-bond acceptors (Lipinski definition) is 3. The van der Waals surface area contributed by atoms with Crippen molar-refractivity contribution in [3.05, 3.63) is 0 Å². The molecular formula is C8H14O3. The number of ether oxygens (including phenoxy) is 3. The SMILES string of the molecule is C1CCC(OC2COC2)OC1. The van der Waals surface area contributed by atoms with Crippen LogP contribution in [0.5, 0.6) is 0 Å². The fourth-order valence-corrected chi connectivity index (χ4v) is 1.33. The Balaban J connectivity index is 1.67. The Morgan fingerprint density at radius 3 is 2.64 bits per heavy atom. The maximum absolute atomic E-state index is 5.58. The van der Waals surface area contributed by atoms with Crippen LogP contribution >= 0.6 is 0 Å². The van der Waals surface area contributed by atoms with Crippen molar-refractivity contribution in [2.24, 2.45) is 0 Å². The van der Waals surface area contributed by atoms with Gasteiger partial charge in [0.2, 0.25) is 0 Å². The van der Waals surface area contributed by atoms with Gasteiger partial charge in [0.15, 0.2) is 6.29 Å². The maximum atomic E-state index is 5.58. The van der Waals surface area contributed by atoms with E-state index in [1.807, 2.05) is 0 Å². The molecule has 0 saturated carbocycles. The first kappa shape index (κ1) is 7.53. The van der Waals surface area contributed by atoms with E-state index in [-0.39, 0.29) is 6.29 Å². The van der Waals surface area contributed by atoms with E-state index >= 15 is 0 Å². The van der Waals surface area contributed by atoms with E-state index in [9.17, 15) is 0 Å². The van der Waals surface area contributed by atoms with Crippen molar-refractivity contribution < 1.29 is 14.2 Å². The Morgan fingerprint density at radius 2 is 2.09 bits per heavy atom. The van der Waals surface area contributed by atoms with Crippen LogP contribution in [-0.2, 0) is 14.2 Å². The average Bonchev–Trinajstić information content (AvgIpc) is 1.99. The quantitative estimate of drug-likeness (QED) is 0.598. The molecule has 0 aromatic rings. The molecule has 3 heteroatoms. The van der Waals surface area contributed by atoms with Gasteiger partial charge >= 0.3 is 0 Å². The van der Waals surface area contributed by atoms with Gasteiger partial charge in [-0.3, -0.25) is 0 Å². The molecule has 0 aromatic carbocycles. The van der Waals surface area contributed by atoms with Gasteiger partial charge in [0.1, 0.15) is 6.10 Å². The van der Waals surface area contributed by atoms with Gasteiger partial charge in [0.25, 0.3) is 0 Å². The Hall–Kier alpha value is -0.120. The highest BCUT2D eigenvalue weighted by atomic mass is 16.7. The zero-order valence-corrected chi connectivity index (χ0v) is 6.62. The zero-order valence-electron chi connectivity index (χ0n) is 6.62. The molecule has 2 aliphatic heterocycles. The normalized spacial score (nSPS) is 33.3. The molecule has 0 radical (unpaired) electrons. The van der Waals surface area contributed by atoms with Gasteiger partial charge in [-0.15, -0.1) is 0 Å². The van der Waals surface area contributed by atoms with Crippen LogP contribution in [0.1, 0.15) is 19.3 Å². The van der Waals surface area contributed by atoms with Crippen LogP contribution in [0.3, 0.4) is 0 Å². The Morgan fingerprint density at radius 1 is 1.18 bits per heavy atom. The van der Waals surface area contributed by atoms with Crippen LogP contribution in [0, 0.1) is 0 Å². The minimum atomic E-state index is 0.0534. The lowest BCUT2D eigenvalue weighted by atomic mass is 10.2. The summed E-state index contributed by atoms with van der Waals surface area (Å²) < 4.78 is 16.0. The summed E-state index contributed by atoms with van der Waals surface area (Å²) in [6.45, 7) is 2.36. The molecule has 11 heavy (non-hydrogen) atoms. The van der Waals surface area contributed by atoms with Crippen molar-refractivity contribution in [1.29, 1.82) is 0 Å². The highest BCUT2D eigenvalue weighted by Crippen LogP contribution is 2.17. The summed E-state index contributed by atoms with van der Waals surface area (Å²) in [5.74, 6) is 0. The monoisotopic (exact) mass is 158 g/mol. The van der Waals surface area contributed by atoms with Gasteiger partial charge in [0.05, 0.1) is 13.2 Å². The third-order valence-corrected chi connectivity index (χ3v) is 2.09. The van der Waals surface area contributed by atoms with Gasteiger partial charge in [-0.1, -0.05) is 0 Å². The van der Waals surface area contributed by atoms with Gasteiger partial charge in [-0.25, -0.2) is 0 Å². The summed E-state index contributed by atoms with van der Waals surface area (Å²) in [5, 5.41) is 0. The first-order valence-electron chi connectivity index (χ1n) is 4.30. The maximum Gasteiger partial charge on any atom is 0.158 e. The molecule has 2 heterocycles. The molecule has 0 aromatic heterocycles. The van der Waals surface area contributed by atoms with E-state index in [2.05, 4.69) is 0 Å². The second-order valence-electron chi connectivity index (χ2n) is 3.09. The minimum Gasteiger partial charge on any atom is -0.376 e. The second kappa shape index (κ2) is 3.52. The highest BCUT2D eigenvalue weighted by Gasteiger charge is 2.24. The molecular weight excluding hydrogens is 144 g/mol. The standard InChI is InChI=1S/C8H14O3/c1-2-4-10-8(3-1)11-7-5-9-6-7/h7-8H,1-6H2. The van der Waals surface area contributed by atoms with Crippen LogP contribution in [0.4, 0.5) is 0 Å². The predicted molar refractivity (Wildman–Crippen MR) is 39.3 cm³/mol. The Kier molecular flexibility index (Phi) is 2.41. The third-order valence-electron chi connectivity index (χ3n) is 2.09. The Labute approximate surface area is 66.6 Å². The van der Waals surface area contributed by atoms with Crippen molar-refractivity contribution >= 4 is 0 Å². The molecule has 2 rings (SSSR count). The van der Waals surface area contributed by atoms with Gasteiger partial charge in [-0.05, 0) is 19.3 Å². The fourth-order valence-electron chi connectivity index (χ4n) is 1.33. The zero-order chi connectivity index (χ0) is 7.52. The van der Waals surface area contributed by atoms with Crippen LogP contribution in [0.2, 0.25) is 0 Å².